The van der Waals surface area contributed by atoms with Crippen molar-refractivity contribution in [2.75, 3.05) is 24.6 Å². The minimum absolute atomic E-state index is 0.0277. The van der Waals surface area contributed by atoms with Crippen molar-refractivity contribution in [2.45, 2.75) is 71.1 Å². The van der Waals surface area contributed by atoms with Crippen LogP contribution in [0.25, 0.3) is 0 Å². The van der Waals surface area contributed by atoms with E-state index in [1.54, 1.807) is 0 Å². The van der Waals surface area contributed by atoms with Gasteiger partial charge in [0.1, 0.15) is 0 Å². The van der Waals surface area contributed by atoms with Crippen molar-refractivity contribution in [1.29, 1.82) is 0 Å². The van der Waals surface area contributed by atoms with Crippen LogP contribution in [0.4, 0.5) is 0 Å². The molecule has 0 aromatic heterocycles. The van der Waals surface area contributed by atoms with Gasteiger partial charge in [-0.1, -0.05) is 0 Å². The summed E-state index contributed by atoms with van der Waals surface area (Å²) < 4.78 is 23.7. The van der Waals surface area contributed by atoms with Crippen molar-refractivity contribution in [3.05, 3.63) is 0 Å². The van der Waals surface area contributed by atoms with E-state index >= 15 is 0 Å². The van der Waals surface area contributed by atoms with Crippen LogP contribution in [0, 0.1) is 0 Å². The molecule has 2 rings (SSSR count). The van der Waals surface area contributed by atoms with Crippen LogP contribution in [-0.4, -0.2) is 72.1 Å². The van der Waals surface area contributed by atoms with E-state index in [-0.39, 0.29) is 17.5 Å². The number of hydrogen-bond donors (Lipinski definition) is 1. The Balaban J connectivity index is 2.02. The second-order valence-corrected chi connectivity index (χ2v) is 10.0. The number of rotatable bonds is 7. The maximum atomic E-state index is 11.9. The van der Waals surface area contributed by atoms with Crippen LogP contribution in [0.1, 0.15) is 47.0 Å². The molecule has 0 bridgehead atoms. The van der Waals surface area contributed by atoms with Gasteiger partial charge < -0.3 is 10.2 Å². The van der Waals surface area contributed by atoms with Crippen molar-refractivity contribution < 1.29 is 8.42 Å². The number of sulfone groups is 1. The van der Waals surface area contributed by atoms with E-state index in [9.17, 15) is 8.42 Å². The molecular weight excluding hydrogens is 330 g/mol. The fourth-order valence-electron chi connectivity index (χ4n) is 3.29. The van der Waals surface area contributed by atoms with E-state index in [1.165, 1.54) is 12.8 Å². The van der Waals surface area contributed by atoms with Crippen LogP contribution >= 0.6 is 12.2 Å². The van der Waals surface area contributed by atoms with Gasteiger partial charge in [-0.25, -0.2) is 8.42 Å². The summed E-state index contributed by atoms with van der Waals surface area (Å²) in [6.45, 7) is 10.5. The summed E-state index contributed by atoms with van der Waals surface area (Å²) in [7, 11) is -2.90. The van der Waals surface area contributed by atoms with E-state index in [1.807, 2.05) is 0 Å². The van der Waals surface area contributed by atoms with Crippen molar-refractivity contribution in [2.24, 2.45) is 0 Å². The molecular formula is C16H31N3O2S2. The standard InChI is InChI=1S/C16H31N3O2S2/c1-12(2)18(13(3)4)8-9-19(16(22)17-14-5-6-14)15-7-10-23(20,21)11-15/h12-15H,5-11H2,1-4H3,(H,17,22)/t15-/m0/s1. The van der Waals surface area contributed by atoms with E-state index in [0.717, 1.165) is 18.2 Å². The Labute approximate surface area is 146 Å². The monoisotopic (exact) mass is 361 g/mol. The summed E-state index contributed by atoms with van der Waals surface area (Å²) in [4.78, 5) is 4.56. The molecule has 5 nitrogen and oxygen atoms in total. The third-order valence-electron chi connectivity index (χ3n) is 4.74. The Kier molecular flexibility index (Phi) is 6.30. The Morgan fingerprint density at radius 3 is 2.17 bits per heavy atom. The molecule has 1 aliphatic heterocycles. The SMILES string of the molecule is CC(C)N(CCN(C(=S)NC1CC1)[C@H]1CCS(=O)(=O)C1)C(C)C. The normalized spacial score (nSPS) is 23.7. The second-order valence-electron chi connectivity index (χ2n) is 7.40. The summed E-state index contributed by atoms with van der Waals surface area (Å²) in [6.07, 6.45) is 3.03. The lowest BCUT2D eigenvalue weighted by Gasteiger charge is -2.36. The largest absolute Gasteiger partial charge is 0.360 e. The summed E-state index contributed by atoms with van der Waals surface area (Å²) >= 11 is 5.59. The molecule has 1 atom stereocenters. The maximum Gasteiger partial charge on any atom is 0.169 e. The minimum atomic E-state index is -2.90. The molecule has 2 fully saturated rings. The Morgan fingerprint density at radius 1 is 1.13 bits per heavy atom. The van der Waals surface area contributed by atoms with Gasteiger partial charge in [-0.3, -0.25) is 4.90 Å². The fourth-order valence-corrected chi connectivity index (χ4v) is 5.43. The first-order valence-corrected chi connectivity index (χ1v) is 11.0. The molecule has 1 saturated heterocycles. The van der Waals surface area contributed by atoms with Crippen molar-refractivity contribution >= 4 is 27.2 Å². The molecule has 1 saturated carbocycles. The molecule has 2 aliphatic rings. The van der Waals surface area contributed by atoms with Gasteiger partial charge in [0.25, 0.3) is 0 Å². The Morgan fingerprint density at radius 2 is 1.74 bits per heavy atom. The first-order chi connectivity index (χ1) is 10.7. The Hall–Kier alpha value is -0.400. The highest BCUT2D eigenvalue weighted by Gasteiger charge is 2.35. The molecule has 134 valence electrons. The molecule has 0 aromatic rings. The second kappa shape index (κ2) is 7.66. The average Bonchev–Trinajstić information content (AvgIpc) is 3.15. The van der Waals surface area contributed by atoms with Gasteiger partial charge in [-0.05, 0) is 59.2 Å². The first kappa shape index (κ1) is 18.9. The smallest absolute Gasteiger partial charge is 0.169 e. The summed E-state index contributed by atoms with van der Waals surface area (Å²) in [5.41, 5.74) is 0. The lowest BCUT2D eigenvalue weighted by atomic mass is 10.2. The molecule has 7 heteroatoms. The van der Waals surface area contributed by atoms with E-state index in [4.69, 9.17) is 12.2 Å². The molecule has 0 unspecified atom stereocenters. The lowest BCUT2D eigenvalue weighted by Crippen LogP contribution is -2.51. The van der Waals surface area contributed by atoms with Gasteiger partial charge in [0.2, 0.25) is 0 Å². The van der Waals surface area contributed by atoms with Crippen molar-refractivity contribution in [3.8, 4) is 0 Å². The third kappa shape index (κ3) is 5.57. The average molecular weight is 362 g/mol. The number of nitrogens with one attached hydrogen (secondary N) is 1. The predicted octanol–water partition coefficient (Wildman–Crippen LogP) is 1.63. The molecule has 0 amide bonds. The zero-order chi connectivity index (χ0) is 17.2. The maximum absolute atomic E-state index is 11.9. The molecule has 1 aliphatic carbocycles. The molecule has 0 radical (unpaired) electrons. The van der Waals surface area contributed by atoms with Gasteiger partial charge in [-0.15, -0.1) is 0 Å². The quantitative estimate of drug-likeness (QED) is 0.696. The van der Waals surface area contributed by atoms with Crippen molar-refractivity contribution in [1.82, 2.24) is 15.1 Å². The first-order valence-electron chi connectivity index (χ1n) is 8.73. The Bertz CT molecular complexity index is 507. The van der Waals surface area contributed by atoms with E-state index < -0.39 is 9.84 Å². The van der Waals surface area contributed by atoms with Crippen LogP contribution in [0.3, 0.4) is 0 Å². The molecule has 0 aromatic carbocycles. The molecule has 1 heterocycles. The van der Waals surface area contributed by atoms with Crippen molar-refractivity contribution in [3.63, 3.8) is 0 Å². The van der Waals surface area contributed by atoms with Gasteiger partial charge in [0.15, 0.2) is 14.9 Å². The van der Waals surface area contributed by atoms with Gasteiger partial charge in [-0.2, -0.15) is 0 Å². The van der Waals surface area contributed by atoms with Crippen LogP contribution in [-0.2, 0) is 9.84 Å². The highest BCUT2D eigenvalue weighted by Crippen LogP contribution is 2.22. The highest BCUT2D eigenvalue weighted by molar-refractivity contribution is 7.91. The van der Waals surface area contributed by atoms with E-state index in [2.05, 4.69) is 42.8 Å². The third-order valence-corrected chi connectivity index (χ3v) is 6.84. The number of hydrogen-bond acceptors (Lipinski definition) is 4. The summed E-state index contributed by atoms with van der Waals surface area (Å²) in [5, 5.41) is 4.12. The fraction of sp³-hybridized carbons (Fsp3) is 0.938. The van der Waals surface area contributed by atoms with Gasteiger partial charge >= 0.3 is 0 Å². The number of nitrogens with zero attached hydrogens (tertiary/aromatic N) is 2. The summed E-state index contributed by atoms with van der Waals surface area (Å²) in [6, 6.07) is 1.46. The lowest BCUT2D eigenvalue weighted by molar-refractivity contribution is 0.154. The van der Waals surface area contributed by atoms with Crippen LogP contribution in [0.15, 0.2) is 0 Å². The zero-order valence-electron chi connectivity index (χ0n) is 14.8. The molecule has 1 N–H and O–H groups in total. The molecule has 23 heavy (non-hydrogen) atoms. The van der Waals surface area contributed by atoms with Crippen LogP contribution in [0.5, 0.6) is 0 Å². The van der Waals surface area contributed by atoms with Gasteiger partial charge in [0, 0.05) is 37.3 Å². The highest BCUT2D eigenvalue weighted by atomic mass is 32.2. The minimum Gasteiger partial charge on any atom is -0.360 e. The predicted molar refractivity (Wildman–Crippen MR) is 99.5 cm³/mol. The van der Waals surface area contributed by atoms with Gasteiger partial charge in [0.05, 0.1) is 11.5 Å². The molecule has 0 spiro atoms. The van der Waals surface area contributed by atoms with E-state index in [0.29, 0.717) is 24.5 Å². The zero-order valence-corrected chi connectivity index (χ0v) is 16.4. The van der Waals surface area contributed by atoms with Crippen LogP contribution in [0.2, 0.25) is 0 Å². The number of thiocarbonyl (C=S) groups is 1. The summed E-state index contributed by atoms with van der Waals surface area (Å²) in [5.74, 6) is 0.529. The topological polar surface area (TPSA) is 52.6 Å². The van der Waals surface area contributed by atoms with Crippen LogP contribution < -0.4 is 5.32 Å².